The summed E-state index contributed by atoms with van der Waals surface area (Å²) in [4.78, 5) is 24.3. The summed E-state index contributed by atoms with van der Waals surface area (Å²) in [5.74, 6) is -0.655. The fourth-order valence-electron chi connectivity index (χ4n) is 2.28. The van der Waals surface area contributed by atoms with Gasteiger partial charge in [-0.2, -0.15) is 5.10 Å². The van der Waals surface area contributed by atoms with Gasteiger partial charge in [0.05, 0.1) is 22.3 Å². The van der Waals surface area contributed by atoms with E-state index in [0.717, 1.165) is 14.9 Å². The van der Waals surface area contributed by atoms with Crippen molar-refractivity contribution >= 4 is 27.3 Å². The average molecular weight is 331 g/mol. The molecule has 1 N–H and O–H groups in total. The molecule has 1 amide bonds. The molecule has 7 heteroatoms. The minimum Gasteiger partial charge on any atom is -0.348 e. The average Bonchev–Trinajstić information content (AvgIpc) is 3.00. The van der Waals surface area contributed by atoms with Gasteiger partial charge in [-0.3, -0.25) is 9.59 Å². The van der Waals surface area contributed by atoms with E-state index in [0.29, 0.717) is 5.39 Å². The van der Waals surface area contributed by atoms with Crippen molar-refractivity contribution in [2.75, 3.05) is 0 Å². The van der Waals surface area contributed by atoms with Crippen molar-refractivity contribution in [3.8, 4) is 0 Å². The van der Waals surface area contributed by atoms with Gasteiger partial charge >= 0.3 is 0 Å². The molecule has 0 aliphatic heterocycles. The smallest absolute Gasteiger partial charge is 0.275 e. The molecule has 23 heavy (non-hydrogen) atoms. The topological polar surface area (TPSA) is 64.0 Å². The summed E-state index contributed by atoms with van der Waals surface area (Å²) in [5.41, 5.74) is 0.502. The van der Waals surface area contributed by atoms with Crippen molar-refractivity contribution in [1.82, 2.24) is 15.1 Å². The maximum Gasteiger partial charge on any atom is 0.275 e. The number of hydrogen-bond donors (Lipinski definition) is 1. The molecule has 0 aliphatic rings. The first-order valence-electron chi connectivity index (χ1n) is 7.03. The summed E-state index contributed by atoms with van der Waals surface area (Å²) in [5, 5.41) is 9.16. The number of fused-ring (bicyclic) bond motifs is 1. The number of nitrogens with zero attached hydrogens (tertiary/aromatic N) is 2. The van der Waals surface area contributed by atoms with Crippen LogP contribution in [0.15, 0.2) is 46.7 Å². The van der Waals surface area contributed by atoms with Crippen molar-refractivity contribution in [2.45, 2.75) is 19.5 Å². The van der Waals surface area contributed by atoms with Crippen LogP contribution in [-0.4, -0.2) is 15.7 Å². The van der Waals surface area contributed by atoms with Gasteiger partial charge in [0, 0.05) is 0 Å². The Morgan fingerprint density at radius 3 is 2.83 bits per heavy atom. The van der Waals surface area contributed by atoms with E-state index in [2.05, 4.69) is 10.4 Å². The van der Waals surface area contributed by atoms with Crippen LogP contribution in [-0.2, 0) is 11.3 Å². The normalized spacial score (nSPS) is 12.3. The third kappa shape index (κ3) is 3.29. The molecular weight excluding hydrogens is 317 g/mol. The number of halogens is 1. The number of hydrogen-bond acceptors (Lipinski definition) is 4. The van der Waals surface area contributed by atoms with Crippen LogP contribution >= 0.6 is 11.3 Å². The van der Waals surface area contributed by atoms with Crippen molar-refractivity contribution in [3.05, 3.63) is 63.6 Å². The van der Waals surface area contributed by atoms with Gasteiger partial charge in [-0.05, 0) is 36.1 Å². The predicted molar refractivity (Wildman–Crippen MR) is 86.8 cm³/mol. The summed E-state index contributed by atoms with van der Waals surface area (Å²) in [6.07, 6.45) is 1.58. The first kappa shape index (κ1) is 15.4. The second-order valence-corrected chi connectivity index (χ2v) is 6.09. The molecule has 1 aromatic carbocycles. The lowest BCUT2D eigenvalue weighted by Gasteiger charge is -2.14. The highest BCUT2D eigenvalue weighted by Gasteiger charge is 2.12. The fraction of sp³-hybridized carbons (Fsp3) is 0.188. The number of benzene rings is 1. The van der Waals surface area contributed by atoms with E-state index in [-0.39, 0.29) is 29.9 Å². The van der Waals surface area contributed by atoms with Crippen LogP contribution < -0.4 is 10.9 Å². The van der Waals surface area contributed by atoms with Gasteiger partial charge in [0.2, 0.25) is 5.91 Å². The van der Waals surface area contributed by atoms with Gasteiger partial charge in [-0.15, -0.1) is 11.3 Å². The summed E-state index contributed by atoms with van der Waals surface area (Å²) in [7, 11) is 0. The summed E-state index contributed by atoms with van der Waals surface area (Å²) < 4.78 is 14.9. The molecule has 1 atom stereocenters. The van der Waals surface area contributed by atoms with E-state index < -0.39 is 0 Å². The Morgan fingerprint density at radius 2 is 2.09 bits per heavy atom. The third-order valence-corrected chi connectivity index (χ3v) is 4.37. The van der Waals surface area contributed by atoms with Crippen LogP contribution in [0, 0.1) is 5.82 Å². The second-order valence-electron chi connectivity index (χ2n) is 5.15. The highest BCUT2D eigenvalue weighted by atomic mass is 32.1. The zero-order valence-corrected chi connectivity index (χ0v) is 13.1. The maximum atomic E-state index is 12.9. The predicted octanol–water partition coefficient (Wildman–Crippen LogP) is 2.47. The molecule has 2 heterocycles. The monoisotopic (exact) mass is 331 g/mol. The summed E-state index contributed by atoms with van der Waals surface area (Å²) >= 11 is 1.43. The highest BCUT2D eigenvalue weighted by Crippen LogP contribution is 2.15. The lowest BCUT2D eigenvalue weighted by atomic mass is 10.1. The molecule has 3 aromatic rings. The van der Waals surface area contributed by atoms with Gasteiger partial charge in [-0.1, -0.05) is 12.1 Å². The van der Waals surface area contributed by atoms with Gasteiger partial charge in [0.25, 0.3) is 5.56 Å². The van der Waals surface area contributed by atoms with E-state index >= 15 is 0 Å². The molecule has 0 radical (unpaired) electrons. The zero-order chi connectivity index (χ0) is 16.4. The van der Waals surface area contributed by atoms with Gasteiger partial charge in [-0.25, -0.2) is 9.07 Å². The second kappa shape index (κ2) is 6.29. The van der Waals surface area contributed by atoms with E-state index in [9.17, 15) is 14.0 Å². The number of thiophene rings is 1. The molecule has 5 nitrogen and oxygen atoms in total. The Morgan fingerprint density at radius 1 is 1.35 bits per heavy atom. The van der Waals surface area contributed by atoms with Gasteiger partial charge in [0.1, 0.15) is 12.4 Å². The van der Waals surface area contributed by atoms with Crippen LogP contribution in [0.5, 0.6) is 0 Å². The number of amides is 1. The number of carbonyl (C=O) groups is 1. The van der Waals surface area contributed by atoms with E-state index in [1.165, 1.54) is 23.5 Å². The number of nitrogens with one attached hydrogen (secondary N) is 1. The Labute approximate surface area is 135 Å². The Bertz CT molecular complexity index is 902. The Kier molecular flexibility index (Phi) is 4.20. The Hall–Kier alpha value is -2.54. The van der Waals surface area contributed by atoms with Crippen molar-refractivity contribution < 1.29 is 9.18 Å². The number of aromatic nitrogens is 2. The van der Waals surface area contributed by atoms with Crippen molar-refractivity contribution in [2.24, 2.45) is 0 Å². The van der Waals surface area contributed by atoms with E-state index in [1.807, 2.05) is 5.38 Å². The Balaban J connectivity index is 1.72. The first-order valence-corrected chi connectivity index (χ1v) is 7.91. The van der Waals surface area contributed by atoms with Gasteiger partial charge in [0.15, 0.2) is 0 Å². The maximum absolute atomic E-state index is 12.9. The number of carbonyl (C=O) groups excluding carboxylic acids is 1. The molecule has 1 unspecified atom stereocenters. The molecule has 0 spiro atoms. The quantitative estimate of drug-likeness (QED) is 0.799. The lowest BCUT2D eigenvalue weighted by Crippen LogP contribution is -2.34. The molecular formula is C16H14FN3O2S. The largest absolute Gasteiger partial charge is 0.348 e. The molecule has 0 fully saturated rings. The van der Waals surface area contributed by atoms with Crippen LogP contribution in [0.2, 0.25) is 0 Å². The molecule has 0 saturated carbocycles. The van der Waals surface area contributed by atoms with Crippen LogP contribution in [0.25, 0.3) is 10.1 Å². The molecule has 0 bridgehead atoms. The van der Waals surface area contributed by atoms with Crippen LogP contribution in [0.1, 0.15) is 18.5 Å². The minimum absolute atomic E-state index is 0.157. The van der Waals surface area contributed by atoms with E-state index in [4.69, 9.17) is 0 Å². The van der Waals surface area contributed by atoms with Crippen molar-refractivity contribution in [1.29, 1.82) is 0 Å². The summed E-state index contributed by atoms with van der Waals surface area (Å²) in [6.45, 7) is 1.64. The summed E-state index contributed by atoms with van der Waals surface area (Å²) in [6, 6.07) is 7.34. The first-order chi connectivity index (χ1) is 11.0. The molecule has 0 saturated heterocycles. The lowest BCUT2D eigenvalue weighted by molar-refractivity contribution is -0.122. The standard InChI is InChI=1S/C16H14FN3O2S/c1-10(11-2-4-12(17)5-3-11)19-15(21)9-20-16(22)13-6-7-23-14(13)8-18-20/h2-8,10H,9H2,1H3,(H,19,21). The highest BCUT2D eigenvalue weighted by molar-refractivity contribution is 7.17. The molecule has 3 rings (SSSR count). The van der Waals surface area contributed by atoms with E-state index in [1.54, 1.807) is 31.3 Å². The van der Waals surface area contributed by atoms with Gasteiger partial charge < -0.3 is 5.32 Å². The zero-order valence-electron chi connectivity index (χ0n) is 12.3. The molecule has 2 aromatic heterocycles. The van der Waals surface area contributed by atoms with Crippen LogP contribution in [0.4, 0.5) is 4.39 Å². The molecule has 118 valence electrons. The third-order valence-electron chi connectivity index (χ3n) is 3.52. The van der Waals surface area contributed by atoms with Crippen molar-refractivity contribution in [3.63, 3.8) is 0 Å². The fourth-order valence-corrected chi connectivity index (χ4v) is 3.02. The van der Waals surface area contributed by atoms with Crippen LogP contribution in [0.3, 0.4) is 0 Å². The molecule has 0 aliphatic carbocycles. The SMILES string of the molecule is CC(NC(=O)Cn1ncc2sccc2c1=O)c1ccc(F)cc1. The number of rotatable bonds is 4. The minimum atomic E-state index is -0.328.